The molecule has 1 aromatic heterocycles. The summed E-state index contributed by atoms with van der Waals surface area (Å²) in [4.78, 5) is 28.4. The maximum atomic E-state index is 13.4. The first-order valence-corrected chi connectivity index (χ1v) is 11.3. The second-order valence-electron chi connectivity index (χ2n) is 8.39. The molecule has 0 unspecified atom stereocenters. The molecule has 1 atom stereocenters. The molecular formula is C26H29N3O4. The normalized spacial score (nSPS) is 18.1. The molecule has 0 aliphatic carbocycles. The Hall–Kier alpha value is -3.61. The molecule has 7 heteroatoms. The number of benzene rings is 2. The van der Waals surface area contributed by atoms with Gasteiger partial charge in [0.05, 0.1) is 18.1 Å². The van der Waals surface area contributed by atoms with Crippen LogP contribution in [0.15, 0.2) is 65.2 Å². The summed E-state index contributed by atoms with van der Waals surface area (Å²) in [6, 6.07) is 18.8. The van der Waals surface area contributed by atoms with Gasteiger partial charge in [0.25, 0.3) is 5.91 Å². The number of amides is 2. The van der Waals surface area contributed by atoms with Gasteiger partial charge in [-0.3, -0.25) is 9.59 Å². The van der Waals surface area contributed by atoms with Gasteiger partial charge in [-0.2, -0.15) is 0 Å². The Bertz CT molecular complexity index is 1110. The number of piperidine rings is 1. The van der Waals surface area contributed by atoms with E-state index in [-0.39, 0.29) is 11.8 Å². The van der Waals surface area contributed by atoms with Crippen LogP contribution in [0.5, 0.6) is 5.75 Å². The molecule has 172 valence electrons. The minimum Gasteiger partial charge on any atom is -0.496 e. The van der Waals surface area contributed by atoms with Crippen LogP contribution in [-0.4, -0.2) is 48.6 Å². The molecule has 1 aliphatic heterocycles. The second-order valence-corrected chi connectivity index (χ2v) is 8.39. The number of nitrogens with one attached hydrogen (secondary N) is 1. The number of hydrogen-bond donors (Lipinski definition) is 1. The van der Waals surface area contributed by atoms with Crippen LogP contribution in [0.1, 0.15) is 35.9 Å². The van der Waals surface area contributed by atoms with E-state index in [4.69, 9.17) is 9.26 Å². The van der Waals surface area contributed by atoms with E-state index in [9.17, 15) is 9.59 Å². The van der Waals surface area contributed by atoms with Crippen LogP contribution in [0.2, 0.25) is 0 Å². The third-order valence-electron chi connectivity index (χ3n) is 6.16. The topological polar surface area (TPSA) is 84.7 Å². The Morgan fingerprint density at radius 1 is 1.15 bits per heavy atom. The predicted molar refractivity (Wildman–Crippen MR) is 125 cm³/mol. The first-order valence-electron chi connectivity index (χ1n) is 11.3. The molecule has 33 heavy (non-hydrogen) atoms. The smallest absolute Gasteiger partial charge is 0.257 e. The molecule has 0 bridgehead atoms. The number of rotatable bonds is 7. The first kappa shape index (κ1) is 22.6. The van der Waals surface area contributed by atoms with E-state index >= 15 is 0 Å². The van der Waals surface area contributed by atoms with Crippen molar-refractivity contribution < 1.29 is 18.8 Å². The monoisotopic (exact) mass is 447 g/mol. The molecule has 1 saturated heterocycles. The van der Waals surface area contributed by atoms with Gasteiger partial charge in [-0.15, -0.1) is 0 Å². The highest BCUT2D eigenvalue weighted by atomic mass is 16.5. The Kier molecular flexibility index (Phi) is 6.77. The highest BCUT2D eigenvalue weighted by Crippen LogP contribution is 2.36. The molecule has 1 aliphatic rings. The number of likely N-dealkylation sites (tertiary alicyclic amines) is 1. The zero-order chi connectivity index (χ0) is 23.3. The van der Waals surface area contributed by atoms with E-state index in [1.54, 1.807) is 24.1 Å². The summed E-state index contributed by atoms with van der Waals surface area (Å²) in [6.45, 7) is 3.31. The largest absolute Gasteiger partial charge is 0.496 e. The van der Waals surface area contributed by atoms with Gasteiger partial charge in [0.15, 0.2) is 0 Å². The van der Waals surface area contributed by atoms with Crippen LogP contribution in [0.3, 0.4) is 0 Å². The van der Waals surface area contributed by atoms with Gasteiger partial charge in [-0.1, -0.05) is 47.6 Å². The number of methoxy groups -OCH3 is 1. The molecule has 3 aromatic rings. The fourth-order valence-corrected chi connectivity index (χ4v) is 4.53. The van der Waals surface area contributed by atoms with Crippen LogP contribution < -0.4 is 10.1 Å². The SMILES string of the molecule is CCNC(=O)[C@]1(Cc2cc(-c3ccccc3)no2)CCCN(C(=O)c2ccccc2OC)C1. The fourth-order valence-electron chi connectivity index (χ4n) is 4.53. The summed E-state index contributed by atoms with van der Waals surface area (Å²) in [5.41, 5.74) is 1.39. The fraction of sp³-hybridized carbons (Fsp3) is 0.346. The van der Waals surface area contributed by atoms with Crippen LogP contribution in [0.4, 0.5) is 0 Å². The summed E-state index contributed by atoms with van der Waals surface area (Å²) >= 11 is 0. The lowest BCUT2D eigenvalue weighted by atomic mass is 9.75. The van der Waals surface area contributed by atoms with Crippen LogP contribution in [-0.2, 0) is 11.2 Å². The van der Waals surface area contributed by atoms with Gasteiger partial charge >= 0.3 is 0 Å². The maximum absolute atomic E-state index is 13.4. The average Bonchev–Trinajstić information content (AvgIpc) is 3.32. The van der Waals surface area contributed by atoms with E-state index in [1.807, 2.05) is 55.5 Å². The van der Waals surface area contributed by atoms with E-state index in [2.05, 4.69) is 10.5 Å². The molecule has 4 rings (SSSR count). The van der Waals surface area contributed by atoms with Crippen molar-refractivity contribution >= 4 is 11.8 Å². The van der Waals surface area contributed by atoms with Crippen LogP contribution in [0.25, 0.3) is 11.3 Å². The average molecular weight is 448 g/mol. The van der Waals surface area contributed by atoms with Crippen LogP contribution in [0, 0.1) is 5.41 Å². The maximum Gasteiger partial charge on any atom is 0.257 e. The van der Waals surface area contributed by atoms with E-state index < -0.39 is 5.41 Å². The van der Waals surface area contributed by atoms with Gasteiger partial charge in [0.2, 0.25) is 5.91 Å². The summed E-state index contributed by atoms with van der Waals surface area (Å²) in [5.74, 6) is 0.953. The summed E-state index contributed by atoms with van der Waals surface area (Å²) < 4.78 is 11.0. The molecule has 7 nitrogen and oxygen atoms in total. The molecule has 2 amide bonds. The highest BCUT2D eigenvalue weighted by Gasteiger charge is 2.44. The molecule has 2 heterocycles. The third-order valence-corrected chi connectivity index (χ3v) is 6.16. The number of para-hydroxylation sites is 1. The van der Waals surface area contributed by atoms with Crippen molar-refractivity contribution in [3.05, 3.63) is 72.0 Å². The predicted octanol–water partition coefficient (Wildman–Crippen LogP) is 3.95. The lowest BCUT2D eigenvalue weighted by Gasteiger charge is -2.41. The van der Waals surface area contributed by atoms with Crippen LogP contribution >= 0.6 is 0 Å². The molecule has 2 aromatic carbocycles. The molecule has 1 fully saturated rings. The van der Waals surface area contributed by atoms with Gasteiger partial charge in [-0.25, -0.2) is 0 Å². The van der Waals surface area contributed by atoms with Gasteiger partial charge in [0, 0.05) is 37.7 Å². The Labute approximate surface area is 193 Å². The highest BCUT2D eigenvalue weighted by molar-refractivity contribution is 5.97. The number of ether oxygens (including phenoxy) is 1. The molecule has 0 saturated carbocycles. The minimum atomic E-state index is -0.792. The minimum absolute atomic E-state index is 0.0693. The van der Waals surface area contributed by atoms with Gasteiger partial charge in [0.1, 0.15) is 17.2 Å². The van der Waals surface area contributed by atoms with Crippen molar-refractivity contribution in [1.29, 1.82) is 0 Å². The lowest BCUT2D eigenvalue weighted by Crippen LogP contribution is -2.54. The molecule has 0 spiro atoms. The van der Waals surface area contributed by atoms with Crippen molar-refractivity contribution in [1.82, 2.24) is 15.4 Å². The second kappa shape index (κ2) is 9.90. The van der Waals surface area contributed by atoms with Crippen molar-refractivity contribution in [2.45, 2.75) is 26.2 Å². The van der Waals surface area contributed by atoms with Crippen molar-refractivity contribution in [2.75, 3.05) is 26.7 Å². The molecular weight excluding hydrogens is 418 g/mol. The molecule has 1 N–H and O–H groups in total. The zero-order valence-corrected chi connectivity index (χ0v) is 19.0. The molecule has 0 radical (unpaired) electrons. The van der Waals surface area contributed by atoms with Crippen molar-refractivity contribution in [3.8, 4) is 17.0 Å². The summed E-state index contributed by atoms with van der Waals surface area (Å²) in [7, 11) is 1.55. The first-order chi connectivity index (χ1) is 16.1. The number of carbonyl (C=O) groups excluding carboxylic acids is 2. The third kappa shape index (κ3) is 4.77. The number of nitrogens with zero attached hydrogens (tertiary/aromatic N) is 2. The standard InChI is InChI=1S/C26H29N3O4/c1-3-27-25(31)26(17-20-16-22(28-33-20)19-10-5-4-6-11-19)14-9-15-29(18-26)24(30)21-12-7-8-13-23(21)32-2/h4-8,10-13,16H,3,9,14-15,17-18H2,1-2H3,(H,27,31)/t26-/m0/s1. The Morgan fingerprint density at radius 2 is 1.91 bits per heavy atom. The van der Waals surface area contributed by atoms with Crippen molar-refractivity contribution in [2.24, 2.45) is 5.41 Å². The van der Waals surface area contributed by atoms with Gasteiger partial charge < -0.3 is 19.5 Å². The van der Waals surface area contributed by atoms with E-state index in [0.29, 0.717) is 49.5 Å². The zero-order valence-electron chi connectivity index (χ0n) is 19.0. The summed E-state index contributed by atoms with van der Waals surface area (Å²) in [5, 5.41) is 7.18. The van der Waals surface area contributed by atoms with E-state index in [0.717, 1.165) is 17.7 Å². The quantitative estimate of drug-likeness (QED) is 0.593. The summed E-state index contributed by atoms with van der Waals surface area (Å²) in [6.07, 6.45) is 1.75. The van der Waals surface area contributed by atoms with Crippen molar-refractivity contribution in [3.63, 3.8) is 0 Å². The van der Waals surface area contributed by atoms with E-state index in [1.165, 1.54) is 0 Å². The number of hydrogen-bond acceptors (Lipinski definition) is 5. The Balaban J connectivity index is 1.61. The van der Waals surface area contributed by atoms with Gasteiger partial charge in [-0.05, 0) is 31.9 Å². The lowest BCUT2D eigenvalue weighted by molar-refractivity contribution is -0.133. The number of carbonyl (C=O) groups is 2. The number of aromatic nitrogens is 1. The Morgan fingerprint density at radius 3 is 2.67 bits per heavy atom.